The van der Waals surface area contributed by atoms with Gasteiger partial charge in [-0.3, -0.25) is 4.79 Å². The SMILES string of the molecule is CCCNc1ccccc1C(=O)N[C@H](C)c1ccco1. The number of nitrogens with one attached hydrogen (secondary N) is 2. The molecule has 0 radical (unpaired) electrons. The third-order valence-electron chi connectivity index (χ3n) is 3.05. The molecule has 0 aliphatic carbocycles. The summed E-state index contributed by atoms with van der Waals surface area (Å²) in [6.45, 7) is 4.84. The largest absolute Gasteiger partial charge is 0.467 e. The number of para-hydroxylation sites is 1. The summed E-state index contributed by atoms with van der Waals surface area (Å²) in [4.78, 5) is 12.3. The Morgan fingerprint density at radius 1 is 1.25 bits per heavy atom. The summed E-state index contributed by atoms with van der Waals surface area (Å²) in [6.07, 6.45) is 2.62. The van der Waals surface area contributed by atoms with Crippen LogP contribution >= 0.6 is 0 Å². The Morgan fingerprint density at radius 3 is 2.75 bits per heavy atom. The predicted molar refractivity (Wildman–Crippen MR) is 79.8 cm³/mol. The van der Waals surface area contributed by atoms with Gasteiger partial charge in [-0.25, -0.2) is 0 Å². The normalized spacial score (nSPS) is 11.9. The van der Waals surface area contributed by atoms with Crippen molar-refractivity contribution in [3.8, 4) is 0 Å². The molecule has 2 aromatic rings. The molecule has 4 heteroatoms. The standard InChI is InChI=1S/C16H20N2O2/c1-3-10-17-14-8-5-4-7-13(14)16(19)18-12(2)15-9-6-11-20-15/h4-9,11-12,17H,3,10H2,1-2H3,(H,18,19)/t12-/m1/s1. The molecule has 4 nitrogen and oxygen atoms in total. The maximum absolute atomic E-state index is 12.3. The van der Waals surface area contributed by atoms with Crippen molar-refractivity contribution in [2.24, 2.45) is 0 Å². The van der Waals surface area contributed by atoms with E-state index in [1.807, 2.05) is 43.3 Å². The predicted octanol–water partition coefficient (Wildman–Crippen LogP) is 3.59. The molecule has 0 fully saturated rings. The van der Waals surface area contributed by atoms with Crippen LogP contribution in [0.1, 0.15) is 42.4 Å². The van der Waals surface area contributed by atoms with Crippen LogP contribution < -0.4 is 10.6 Å². The zero-order chi connectivity index (χ0) is 14.4. The Bertz CT molecular complexity index is 549. The van der Waals surface area contributed by atoms with Crippen LogP contribution in [0.5, 0.6) is 0 Å². The fourth-order valence-electron chi connectivity index (χ4n) is 1.98. The van der Waals surface area contributed by atoms with Gasteiger partial charge in [0.1, 0.15) is 5.76 Å². The van der Waals surface area contributed by atoms with Gasteiger partial charge in [0.2, 0.25) is 0 Å². The van der Waals surface area contributed by atoms with Crippen molar-refractivity contribution in [1.29, 1.82) is 0 Å². The number of amides is 1. The van der Waals surface area contributed by atoms with Gasteiger partial charge in [0.05, 0.1) is 17.9 Å². The summed E-state index contributed by atoms with van der Waals surface area (Å²) in [5.41, 5.74) is 1.51. The third-order valence-corrected chi connectivity index (χ3v) is 3.05. The maximum Gasteiger partial charge on any atom is 0.253 e. The van der Waals surface area contributed by atoms with E-state index in [4.69, 9.17) is 4.42 Å². The number of carbonyl (C=O) groups excluding carboxylic acids is 1. The van der Waals surface area contributed by atoms with Crippen LogP contribution in [0.3, 0.4) is 0 Å². The van der Waals surface area contributed by atoms with Gasteiger partial charge in [0.15, 0.2) is 0 Å². The number of hydrogen-bond donors (Lipinski definition) is 2. The smallest absolute Gasteiger partial charge is 0.253 e. The van der Waals surface area contributed by atoms with Crippen LogP contribution in [0.15, 0.2) is 47.1 Å². The number of rotatable bonds is 6. The minimum Gasteiger partial charge on any atom is -0.467 e. The molecule has 1 aromatic heterocycles. The first-order chi connectivity index (χ1) is 9.72. The van der Waals surface area contributed by atoms with Crippen LogP contribution in [0, 0.1) is 0 Å². The molecule has 2 rings (SSSR count). The van der Waals surface area contributed by atoms with Gasteiger partial charge in [-0.2, -0.15) is 0 Å². The molecule has 0 aliphatic rings. The molecule has 0 saturated heterocycles. The van der Waals surface area contributed by atoms with Crippen molar-refractivity contribution in [2.75, 3.05) is 11.9 Å². The minimum atomic E-state index is -0.156. The molecular formula is C16H20N2O2. The molecule has 1 amide bonds. The maximum atomic E-state index is 12.3. The summed E-state index contributed by atoms with van der Waals surface area (Å²) in [5, 5.41) is 6.21. The molecule has 1 aromatic carbocycles. The number of carbonyl (C=O) groups is 1. The van der Waals surface area contributed by atoms with Gasteiger partial charge in [-0.1, -0.05) is 19.1 Å². The summed E-state index contributed by atoms with van der Waals surface area (Å²) in [6, 6.07) is 11.0. The van der Waals surface area contributed by atoms with Crippen LogP contribution in [0.25, 0.3) is 0 Å². The topological polar surface area (TPSA) is 54.3 Å². The van der Waals surface area contributed by atoms with E-state index in [-0.39, 0.29) is 11.9 Å². The van der Waals surface area contributed by atoms with Crippen LogP contribution in [0.2, 0.25) is 0 Å². The molecule has 0 unspecified atom stereocenters. The molecule has 2 N–H and O–H groups in total. The van der Waals surface area contributed by atoms with Gasteiger partial charge in [0, 0.05) is 12.2 Å². The van der Waals surface area contributed by atoms with Crippen LogP contribution in [-0.2, 0) is 0 Å². The molecule has 0 bridgehead atoms. The van der Waals surface area contributed by atoms with E-state index in [9.17, 15) is 4.79 Å². The molecule has 0 saturated carbocycles. The summed E-state index contributed by atoms with van der Waals surface area (Å²) >= 11 is 0. The van der Waals surface area contributed by atoms with Gasteiger partial charge < -0.3 is 15.1 Å². The fraction of sp³-hybridized carbons (Fsp3) is 0.312. The van der Waals surface area contributed by atoms with Crippen LogP contribution in [-0.4, -0.2) is 12.5 Å². The Hall–Kier alpha value is -2.23. The Kier molecular flexibility index (Phi) is 4.82. The van der Waals surface area contributed by atoms with Gasteiger partial charge in [-0.15, -0.1) is 0 Å². The fourth-order valence-corrected chi connectivity index (χ4v) is 1.98. The van der Waals surface area contributed by atoms with E-state index >= 15 is 0 Å². The van der Waals surface area contributed by atoms with Crippen LogP contribution in [0.4, 0.5) is 5.69 Å². The molecular weight excluding hydrogens is 252 g/mol. The minimum absolute atomic E-state index is 0.104. The van der Waals surface area contributed by atoms with Crippen molar-refractivity contribution < 1.29 is 9.21 Å². The van der Waals surface area contributed by atoms with Crippen molar-refractivity contribution in [3.05, 3.63) is 54.0 Å². The molecule has 0 spiro atoms. The van der Waals surface area contributed by atoms with E-state index in [2.05, 4.69) is 17.6 Å². The lowest BCUT2D eigenvalue weighted by atomic mass is 10.1. The first-order valence-electron chi connectivity index (χ1n) is 6.89. The molecule has 1 atom stereocenters. The quantitative estimate of drug-likeness (QED) is 0.845. The van der Waals surface area contributed by atoms with E-state index in [1.54, 1.807) is 6.26 Å². The van der Waals surface area contributed by atoms with Gasteiger partial charge in [0.25, 0.3) is 5.91 Å². The van der Waals surface area contributed by atoms with E-state index in [1.165, 1.54) is 0 Å². The molecule has 106 valence electrons. The monoisotopic (exact) mass is 272 g/mol. The number of furan rings is 1. The highest BCUT2D eigenvalue weighted by Crippen LogP contribution is 2.18. The average molecular weight is 272 g/mol. The lowest BCUT2D eigenvalue weighted by molar-refractivity contribution is 0.0936. The lowest BCUT2D eigenvalue weighted by Crippen LogP contribution is -2.27. The first kappa shape index (κ1) is 14.2. The third kappa shape index (κ3) is 3.41. The zero-order valence-electron chi connectivity index (χ0n) is 11.8. The Balaban J connectivity index is 2.09. The second-order valence-electron chi connectivity index (χ2n) is 4.68. The van der Waals surface area contributed by atoms with Crippen molar-refractivity contribution in [3.63, 3.8) is 0 Å². The number of hydrogen-bond acceptors (Lipinski definition) is 3. The Labute approximate surface area is 119 Å². The summed E-state index contributed by atoms with van der Waals surface area (Å²) in [5.74, 6) is 0.644. The second kappa shape index (κ2) is 6.80. The summed E-state index contributed by atoms with van der Waals surface area (Å²) in [7, 11) is 0. The molecule has 1 heterocycles. The highest BCUT2D eigenvalue weighted by Gasteiger charge is 2.15. The highest BCUT2D eigenvalue weighted by molar-refractivity contribution is 5.99. The molecule has 20 heavy (non-hydrogen) atoms. The van der Waals surface area contributed by atoms with E-state index in [0.29, 0.717) is 5.56 Å². The molecule has 0 aliphatic heterocycles. The lowest BCUT2D eigenvalue weighted by Gasteiger charge is -2.14. The highest BCUT2D eigenvalue weighted by atomic mass is 16.3. The van der Waals surface area contributed by atoms with E-state index < -0.39 is 0 Å². The first-order valence-corrected chi connectivity index (χ1v) is 6.89. The average Bonchev–Trinajstić information content (AvgIpc) is 2.99. The van der Waals surface area contributed by atoms with Crippen molar-refractivity contribution in [2.45, 2.75) is 26.3 Å². The second-order valence-corrected chi connectivity index (χ2v) is 4.68. The Morgan fingerprint density at radius 2 is 2.05 bits per heavy atom. The van der Waals surface area contributed by atoms with Gasteiger partial charge >= 0.3 is 0 Å². The van der Waals surface area contributed by atoms with Crippen molar-refractivity contribution in [1.82, 2.24) is 5.32 Å². The number of anilines is 1. The van der Waals surface area contributed by atoms with Crippen molar-refractivity contribution >= 4 is 11.6 Å². The zero-order valence-corrected chi connectivity index (χ0v) is 11.8. The van der Waals surface area contributed by atoms with Gasteiger partial charge in [-0.05, 0) is 37.6 Å². The van der Waals surface area contributed by atoms with E-state index in [0.717, 1.165) is 24.4 Å². The number of benzene rings is 1. The summed E-state index contributed by atoms with van der Waals surface area (Å²) < 4.78 is 5.30.